The van der Waals surface area contributed by atoms with E-state index in [1.54, 1.807) is 0 Å². The number of rotatable bonds is 59. The van der Waals surface area contributed by atoms with Gasteiger partial charge in [-0.3, -0.25) is 14.4 Å². The van der Waals surface area contributed by atoms with E-state index in [2.05, 4.69) is 173 Å². The maximum absolute atomic E-state index is 12.9. The largest absolute Gasteiger partial charge is 0.462 e. The Morgan fingerprint density at radius 1 is 0.256 bits per heavy atom. The zero-order chi connectivity index (χ0) is 59.2. The van der Waals surface area contributed by atoms with Gasteiger partial charge in [0.2, 0.25) is 0 Å². The van der Waals surface area contributed by atoms with E-state index in [4.69, 9.17) is 14.2 Å². The molecule has 0 radical (unpaired) electrons. The molecule has 0 amide bonds. The third kappa shape index (κ3) is 65.8. The third-order valence-corrected chi connectivity index (χ3v) is 13.8. The lowest BCUT2D eigenvalue weighted by Gasteiger charge is -2.18. The monoisotopic (exact) mass is 1130 g/mol. The summed E-state index contributed by atoms with van der Waals surface area (Å²) in [7, 11) is 0. The van der Waals surface area contributed by atoms with Gasteiger partial charge < -0.3 is 14.2 Å². The molecule has 0 fully saturated rings. The van der Waals surface area contributed by atoms with Crippen LogP contribution in [0.25, 0.3) is 0 Å². The van der Waals surface area contributed by atoms with Gasteiger partial charge in [-0.1, -0.05) is 288 Å². The Morgan fingerprint density at radius 3 is 0.829 bits per heavy atom. The summed E-state index contributed by atoms with van der Waals surface area (Å²) in [6, 6.07) is 0. The van der Waals surface area contributed by atoms with E-state index in [0.29, 0.717) is 19.3 Å². The highest BCUT2D eigenvalue weighted by Gasteiger charge is 2.19. The molecule has 0 aromatic heterocycles. The Morgan fingerprint density at radius 2 is 0.500 bits per heavy atom. The molecule has 1 atom stereocenters. The first kappa shape index (κ1) is 77.0. The van der Waals surface area contributed by atoms with Gasteiger partial charge in [0.15, 0.2) is 6.10 Å². The number of unbranched alkanes of at least 4 members (excludes halogenated alkanes) is 22. The van der Waals surface area contributed by atoms with Gasteiger partial charge >= 0.3 is 17.9 Å². The Bertz CT molecular complexity index is 1830. The van der Waals surface area contributed by atoms with Crippen LogP contribution in [0, 0.1) is 0 Å². The molecule has 0 saturated heterocycles. The first-order chi connectivity index (χ1) is 40.5. The quantitative estimate of drug-likeness (QED) is 0.0261. The van der Waals surface area contributed by atoms with Crippen molar-refractivity contribution < 1.29 is 28.6 Å². The number of allylic oxidation sites excluding steroid dienone is 26. The number of ether oxygens (including phenoxy) is 3. The molecule has 0 aliphatic carbocycles. The van der Waals surface area contributed by atoms with Gasteiger partial charge in [-0.25, -0.2) is 0 Å². The van der Waals surface area contributed by atoms with Crippen LogP contribution < -0.4 is 0 Å². The molecule has 0 saturated carbocycles. The van der Waals surface area contributed by atoms with Gasteiger partial charge in [0, 0.05) is 19.3 Å². The highest BCUT2D eigenvalue weighted by Crippen LogP contribution is 2.15. The van der Waals surface area contributed by atoms with E-state index in [-0.39, 0.29) is 37.5 Å². The minimum Gasteiger partial charge on any atom is -0.462 e. The lowest BCUT2D eigenvalue weighted by atomic mass is 10.1. The molecule has 1 unspecified atom stereocenters. The van der Waals surface area contributed by atoms with Crippen molar-refractivity contribution in [2.45, 2.75) is 290 Å². The summed E-state index contributed by atoms with van der Waals surface area (Å²) in [4.78, 5) is 38.2. The van der Waals surface area contributed by atoms with Crippen molar-refractivity contribution in [3.63, 3.8) is 0 Å². The molecule has 0 rings (SSSR count). The van der Waals surface area contributed by atoms with Crippen LogP contribution in [0.5, 0.6) is 0 Å². The van der Waals surface area contributed by atoms with Gasteiger partial charge in [-0.05, 0) is 135 Å². The average Bonchev–Trinajstić information content (AvgIpc) is 3.47. The first-order valence-electron chi connectivity index (χ1n) is 33.5. The molecule has 462 valence electrons. The molecule has 6 nitrogen and oxygen atoms in total. The van der Waals surface area contributed by atoms with Crippen LogP contribution in [0.4, 0.5) is 0 Å². The number of hydrogen-bond acceptors (Lipinski definition) is 6. The molecule has 82 heavy (non-hydrogen) atoms. The molecule has 0 aliphatic heterocycles. The van der Waals surface area contributed by atoms with Gasteiger partial charge in [0.1, 0.15) is 13.2 Å². The summed E-state index contributed by atoms with van der Waals surface area (Å²) in [5.41, 5.74) is 0. The SMILES string of the molecule is CC/C=C\C/C=C\C/C=C\C/C=C\C/C=C\C/C=C\C/C=C\C/C=C\CCCCCCCCCCCCC(=O)OCC(COC(=O)CC/C=C\C/C=C\C/C=C\C/C=C\CC)OC(=O)CCCCCCC/C=C\CCCCCCCCC. The maximum atomic E-state index is 12.9. The van der Waals surface area contributed by atoms with Gasteiger partial charge in [0.25, 0.3) is 0 Å². The summed E-state index contributed by atoms with van der Waals surface area (Å²) >= 11 is 0. The van der Waals surface area contributed by atoms with Crippen LogP contribution in [0.1, 0.15) is 284 Å². The summed E-state index contributed by atoms with van der Waals surface area (Å²) in [5, 5.41) is 0. The molecule has 6 heteroatoms. The van der Waals surface area contributed by atoms with Crippen molar-refractivity contribution in [1.29, 1.82) is 0 Å². The molecular weight excluding hydrogens is 1010 g/mol. The van der Waals surface area contributed by atoms with Crippen molar-refractivity contribution in [2.24, 2.45) is 0 Å². The van der Waals surface area contributed by atoms with Crippen LogP contribution in [-0.4, -0.2) is 37.2 Å². The number of hydrogen-bond donors (Lipinski definition) is 0. The van der Waals surface area contributed by atoms with Crippen LogP contribution in [0.2, 0.25) is 0 Å². The Labute approximate surface area is 505 Å². The summed E-state index contributed by atoms with van der Waals surface area (Å²) in [6.45, 7) is 6.33. The van der Waals surface area contributed by atoms with E-state index in [1.807, 2.05) is 6.08 Å². The second-order valence-electron chi connectivity index (χ2n) is 21.6. The fourth-order valence-corrected chi connectivity index (χ4v) is 8.82. The lowest BCUT2D eigenvalue weighted by Crippen LogP contribution is -2.30. The Hall–Kier alpha value is -4.97. The fraction of sp³-hybridized carbons (Fsp3) is 0.618. The maximum Gasteiger partial charge on any atom is 0.306 e. The normalized spacial score (nSPS) is 13.2. The number of carbonyl (C=O) groups is 3. The number of esters is 3. The molecule has 0 aliphatic rings. The van der Waals surface area contributed by atoms with Crippen LogP contribution in [0.3, 0.4) is 0 Å². The smallest absolute Gasteiger partial charge is 0.306 e. The van der Waals surface area contributed by atoms with Crippen LogP contribution in [-0.2, 0) is 28.6 Å². The molecule has 0 aromatic carbocycles. The number of carbonyl (C=O) groups excluding carboxylic acids is 3. The van der Waals surface area contributed by atoms with E-state index >= 15 is 0 Å². The van der Waals surface area contributed by atoms with Crippen molar-refractivity contribution in [2.75, 3.05) is 13.2 Å². The first-order valence-corrected chi connectivity index (χ1v) is 33.5. The van der Waals surface area contributed by atoms with Crippen LogP contribution >= 0.6 is 0 Å². The van der Waals surface area contributed by atoms with Crippen molar-refractivity contribution >= 4 is 17.9 Å². The zero-order valence-electron chi connectivity index (χ0n) is 52.9. The van der Waals surface area contributed by atoms with Crippen molar-refractivity contribution in [1.82, 2.24) is 0 Å². The minimum atomic E-state index is -0.819. The molecule has 0 bridgehead atoms. The highest BCUT2D eigenvalue weighted by molar-refractivity contribution is 5.71. The second kappa shape index (κ2) is 68.5. The van der Waals surface area contributed by atoms with E-state index in [1.165, 1.54) is 103 Å². The summed E-state index contributed by atoms with van der Waals surface area (Å²) in [5.74, 6) is -1.01. The van der Waals surface area contributed by atoms with Gasteiger partial charge in [-0.2, -0.15) is 0 Å². The fourth-order valence-electron chi connectivity index (χ4n) is 8.82. The van der Waals surface area contributed by atoms with E-state index in [9.17, 15) is 14.4 Å². The second-order valence-corrected chi connectivity index (χ2v) is 21.6. The minimum absolute atomic E-state index is 0.110. The zero-order valence-corrected chi connectivity index (χ0v) is 52.9. The third-order valence-electron chi connectivity index (χ3n) is 13.8. The van der Waals surface area contributed by atoms with Crippen LogP contribution in [0.15, 0.2) is 158 Å². The lowest BCUT2D eigenvalue weighted by molar-refractivity contribution is -0.166. The molecule has 0 N–H and O–H groups in total. The molecule has 0 spiro atoms. The summed E-state index contributed by atoms with van der Waals surface area (Å²) in [6.07, 6.45) is 99.9. The topological polar surface area (TPSA) is 78.9 Å². The predicted octanol–water partition coefficient (Wildman–Crippen LogP) is 23.3. The highest BCUT2D eigenvalue weighted by atomic mass is 16.6. The molecular formula is C76H122O6. The molecule has 0 heterocycles. The Kier molecular flexibility index (Phi) is 64.4. The Balaban J connectivity index is 4.28. The van der Waals surface area contributed by atoms with E-state index < -0.39 is 6.10 Å². The van der Waals surface area contributed by atoms with Crippen molar-refractivity contribution in [3.8, 4) is 0 Å². The van der Waals surface area contributed by atoms with E-state index in [0.717, 1.165) is 135 Å². The predicted molar refractivity (Wildman–Crippen MR) is 357 cm³/mol. The molecule has 0 aromatic rings. The van der Waals surface area contributed by atoms with Gasteiger partial charge in [-0.15, -0.1) is 0 Å². The average molecular weight is 1130 g/mol. The standard InChI is InChI=1S/C76H122O6/c1-4-7-10-13-16-19-22-25-27-29-30-31-32-33-34-35-36-37-38-39-40-41-42-43-44-45-46-47-49-51-54-57-60-63-66-69-75(78)81-72-73(71-80-74(77)68-65-62-59-56-53-50-24-21-18-15-12-9-6-3)82-76(79)70-67-64-61-58-55-52-48-28-26-23-20-17-14-11-8-5-2/h7,9-10,12,16,18-19,21,25,27-28,30-31,33-34,36-37,39-40,42-43,48,50,53,59,62,73H,4-6,8,11,13-15,17,20,22-24,26,29,32,35,38,41,44-47,49,51-52,54-58,60-61,63-72H2,1-3H3/b10-7-,12-9-,19-16-,21-18-,27-25-,31-30-,34-33-,37-36-,40-39-,43-42-,48-28-,53-50-,62-59-. The van der Waals surface area contributed by atoms with Crippen molar-refractivity contribution in [3.05, 3.63) is 158 Å². The van der Waals surface area contributed by atoms with Gasteiger partial charge in [0.05, 0.1) is 0 Å². The summed E-state index contributed by atoms with van der Waals surface area (Å²) < 4.78 is 16.8.